The summed E-state index contributed by atoms with van der Waals surface area (Å²) in [4.78, 5) is 11.0. The molecule has 5 nitrogen and oxygen atoms in total. The van der Waals surface area contributed by atoms with Crippen molar-refractivity contribution in [3.8, 4) is 18.1 Å². The number of hydrogen-bond donors (Lipinski definition) is 1. The predicted octanol–water partition coefficient (Wildman–Crippen LogP) is 2.16. The second kappa shape index (κ2) is 7.18. The maximum absolute atomic E-state index is 11.5. The van der Waals surface area contributed by atoms with Crippen LogP contribution in [0.1, 0.15) is 0 Å². The zero-order chi connectivity index (χ0) is 15.3. The fourth-order valence-corrected chi connectivity index (χ4v) is 3.27. The third-order valence-corrected chi connectivity index (χ3v) is 4.04. The Morgan fingerprint density at radius 2 is 2.15 bits per heavy atom. The number of hydrogen-bond acceptors (Lipinski definition) is 4. The second-order valence-electron chi connectivity index (χ2n) is 3.42. The molecular formula is C11H8BrCl2NO4S. The van der Waals surface area contributed by atoms with Gasteiger partial charge in [-0.2, -0.15) is 0 Å². The van der Waals surface area contributed by atoms with Gasteiger partial charge in [-0.05, 0) is 12.1 Å². The van der Waals surface area contributed by atoms with Crippen LogP contribution in [-0.2, 0) is 13.8 Å². The van der Waals surface area contributed by atoms with Crippen molar-refractivity contribution in [2.24, 2.45) is 0 Å². The third kappa shape index (κ3) is 4.87. The summed E-state index contributed by atoms with van der Waals surface area (Å²) in [6.45, 7) is -0.403. The number of ether oxygens (including phenoxy) is 1. The van der Waals surface area contributed by atoms with Crippen molar-refractivity contribution in [2.75, 3.05) is 13.2 Å². The molecule has 0 fully saturated rings. The Balaban J connectivity index is 3.01. The highest BCUT2D eigenvalue weighted by Crippen LogP contribution is 2.37. The normalized spacial score (nSPS) is 10.7. The molecule has 1 aromatic rings. The molecule has 20 heavy (non-hydrogen) atoms. The molecule has 0 atom stereocenters. The SMILES string of the molecule is C#CCNC(=O)COc1c(Cl)cc(Br)cc1S(=O)(=O)Cl. The molecule has 0 saturated carbocycles. The Morgan fingerprint density at radius 1 is 1.50 bits per heavy atom. The van der Waals surface area contributed by atoms with Crippen LogP contribution in [-0.4, -0.2) is 27.5 Å². The molecule has 0 bridgehead atoms. The number of rotatable bonds is 5. The molecule has 0 aliphatic heterocycles. The van der Waals surface area contributed by atoms with Crippen LogP contribution in [0.15, 0.2) is 21.5 Å². The average molecular weight is 401 g/mol. The first-order chi connectivity index (χ1) is 9.25. The first-order valence-electron chi connectivity index (χ1n) is 5.02. The van der Waals surface area contributed by atoms with Gasteiger partial charge < -0.3 is 10.1 Å². The van der Waals surface area contributed by atoms with Crippen molar-refractivity contribution >= 4 is 53.2 Å². The molecule has 0 heterocycles. The monoisotopic (exact) mass is 399 g/mol. The number of terminal acetylenes is 1. The number of nitrogens with one attached hydrogen (secondary N) is 1. The molecule has 1 N–H and O–H groups in total. The van der Waals surface area contributed by atoms with Crippen LogP contribution in [0.25, 0.3) is 0 Å². The van der Waals surface area contributed by atoms with Crippen LogP contribution in [0.4, 0.5) is 0 Å². The Morgan fingerprint density at radius 3 is 2.70 bits per heavy atom. The standard InChI is InChI=1S/C11H8BrCl2NO4S/c1-2-3-15-10(16)6-19-11-8(13)4-7(12)5-9(11)20(14,17)18/h1,4-5H,3,6H2,(H,15,16). The fraction of sp³-hybridized carbons (Fsp3) is 0.182. The van der Waals surface area contributed by atoms with E-state index in [4.69, 9.17) is 33.4 Å². The molecule has 1 amide bonds. The van der Waals surface area contributed by atoms with Crippen LogP contribution in [0.5, 0.6) is 5.75 Å². The van der Waals surface area contributed by atoms with Gasteiger partial charge in [-0.1, -0.05) is 33.5 Å². The van der Waals surface area contributed by atoms with E-state index in [1.165, 1.54) is 12.1 Å². The van der Waals surface area contributed by atoms with Gasteiger partial charge in [-0.3, -0.25) is 4.79 Å². The smallest absolute Gasteiger partial charge is 0.265 e. The average Bonchev–Trinajstić information content (AvgIpc) is 2.33. The quantitative estimate of drug-likeness (QED) is 0.607. The summed E-state index contributed by atoms with van der Waals surface area (Å²) in [6, 6.07) is 2.64. The minimum Gasteiger partial charge on any atom is -0.481 e. The lowest BCUT2D eigenvalue weighted by molar-refractivity contribution is -0.122. The van der Waals surface area contributed by atoms with Crippen LogP contribution >= 0.6 is 38.2 Å². The third-order valence-electron chi connectivity index (χ3n) is 1.97. The molecule has 9 heteroatoms. The molecule has 1 rings (SSSR count). The number of carbonyl (C=O) groups is 1. The van der Waals surface area contributed by atoms with Gasteiger partial charge in [0.15, 0.2) is 12.4 Å². The van der Waals surface area contributed by atoms with Gasteiger partial charge in [0, 0.05) is 15.2 Å². The van der Waals surface area contributed by atoms with Gasteiger partial charge in [0.1, 0.15) is 4.90 Å². The molecular weight excluding hydrogens is 393 g/mol. The number of benzene rings is 1. The molecule has 0 aliphatic rings. The number of amides is 1. The Kier molecular flexibility index (Phi) is 6.14. The topological polar surface area (TPSA) is 72.5 Å². The van der Waals surface area contributed by atoms with E-state index in [1.54, 1.807) is 0 Å². The number of halogens is 3. The van der Waals surface area contributed by atoms with Gasteiger partial charge >= 0.3 is 0 Å². The van der Waals surface area contributed by atoms with Gasteiger partial charge in [0.2, 0.25) is 0 Å². The molecule has 0 radical (unpaired) electrons. The lowest BCUT2D eigenvalue weighted by Gasteiger charge is -2.11. The summed E-state index contributed by atoms with van der Waals surface area (Å²) in [7, 11) is 1.22. The van der Waals surface area contributed by atoms with Gasteiger partial charge in [0.25, 0.3) is 15.0 Å². The highest BCUT2D eigenvalue weighted by molar-refractivity contribution is 9.10. The van der Waals surface area contributed by atoms with Crippen molar-refractivity contribution in [1.29, 1.82) is 0 Å². The fourth-order valence-electron chi connectivity index (χ4n) is 1.20. The van der Waals surface area contributed by atoms with E-state index >= 15 is 0 Å². The zero-order valence-corrected chi connectivity index (χ0v) is 13.7. The molecule has 0 unspecified atom stereocenters. The van der Waals surface area contributed by atoms with Gasteiger partial charge in [-0.15, -0.1) is 6.42 Å². The zero-order valence-electron chi connectivity index (χ0n) is 9.82. The van der Waals surface area contributed by atoms with E-state index < -0.39 is 21.6 Å². The molecule has 0 aliphatic carbocycles. The van der Waals surface area contributed by atoms with E-state index in [2.05, 4.69) is 27.2 Å². The molecule has 108 valence electrons. The molecule has 0 saturated heterocycles. The molecule has 0 aromatic heterocycles. The summed E-state index contributed by atoms with van der Waals surface area (Å²) in [5.41, 5.74) is 0. The minimum atomic E-state index is -4.07. The van der Waals surface area contributed by atoms with Crippen LogP contribution in [0.3, 0.4) is 0 Å². The van der Waals surface area contributed by atoms with E-state index in [9.17, 15) is 13.2 Å². The first-order valence-corrected chi connectivity index (χ1v) is 8.50. The van der Waals surface area contributed by atoms with Gasteiger partial charge in [-0.25, -0.2) is 8.42 Å². The predicted molar refractivity (Wildman–Crippen MR) is 79.5 cm³/mol. The second-order valence-corrected chi connectivity index (χ2v) is 7.28. The summed E-state index contributed by atoms with van der Waals surface area (Å²) in [5, 5.41) is 2.36. The lowest BCUT2D eigenvalue weighted by atomic mass is 10.3. The maximum Gasteiger partial charge on any atom is 0.265 e. The van der Waals surface area contributed by atoms with Crippen molar-refractivity contribution in [3.05, 3.63) is 21.6 Å². The number of carbonyl (C=O) groups excluding carboxylic acids is 1. The van der Waals surface area contributed by atoms with Crippen LogP contribution in [0, 0.1) is 12.3 Å². The Labute approximate surface area is 134 Å². The first kappa shape index (κ1) is 17.1. The van der Waals surface area contributed by atoms with E-state index in [-0.39, 0.29) is 22.2 Å². The minimum absolute atomic E-state index is 0.00310. The van der Waals surface area contributed by atoms with Crippen molar-refractivity contribution in [3.63, 3.8) is 0 Å². The van der Waals surface area contributed by atoms with Crippen molar-refractivity contribution in [1.82, 2.24) is 5.32 Å². The molecule has 0 spiro atoms. The highest BCUT2D eigenvalue weighted by Gasteiger charge is 2.21. The lowest BCUT2D eigenvalue weighted by Crippen LogP contribution is -2.29. The van der Waals surface area contributed by atoms with E-state index in [1.807, 2.05) is 0 Å². The summed E-state index contributed by atoms with van der Waals surface area (Å²) >= 11 is 8.98. The van der Waals surface area contributed by atoms with Gasteiger partial charge in [0.05, 0.1) is 11.6 Å². The summed E-state index contributed by atoms with van der Waals surface area (Å²) < 4.78 is 28.4. The summed E-state index contributed by atoms with van der Waals surface area (Å²) in [6.07, 6.45) is 4.98. The largest absolute Gasteiger partial charge is 0.481 e. The Hall–Kier alpha value is -0.940. The highest BCUT2D eigenvalue weighted by atomic mass is 79.9. The van der Waals surface area contributed by atoms with Crippen LogP contribution in [0.2, 0.25) is 5.02 Å². The molecule has 1 aromatic carbocycles. The van der Waals surface area contributed by atoms with E-state index in [0.717, 1.165) is 0 Å². The van der Waals surface area contributed by atoms with Crippen molar-refractivity contribution in [2.45, 2.75) is 4.90 Å². The summed E-state index contributed by atoms with van der Waals surface area (Å²) in [5.74, 6) is 1.51. The van der Waals surface area contributed by atoms with Crippen molar-refractivity contribution < 1.29 is 17.9 Å². The van der Waals surface area contributed by atoms with Crippen LogP contribution < -0.4 is 10.1 Å². The Bertz CT molecular complexity index is 670. The van der Waals surface area contributed by atoms with E-state index in [0.29, 0.717) is 4.47 Å². The maximum atomic E-state index is 11.5.